The van der Waals surface area contributed by atoms with E-state index in [1.807, 2.05) is 6.07 Å². The van der Waals surface area contributed by atoms with Gasteiger partial charge in [0.2, 0.25) is 21.8 Å². The summed E-state index contributed by atoms with van der Waals surface area (Å²) in [4.78, 5) is 18.8. The number of aromatic nitrogens is 2. The molecule has 1 N–H and O–H groups in total. The van der Waals surface area contributed by atoms with Crippen LogP contribution in [-0.4, -0.2) is 49.0 Å². The van der Waals surface area contributed by atoms with Crippen LogP contribution in [-0.2, 0) is 27.7 Å². The van der Waals surface area contributed by atoms with E-state index in [0.717, 1.165) is 44.1 Å². The quantitative estimate of drug-likeness (QED) is 0.751. The molecule has 1 fully saturated rings. The highest BCUT2D eigenvalue weighted by Crippen LogP contribution is 2.27. The van der Waals surface area contributed by atoms with Crippen molar-refractivity contribution >= 4 is 15.9 Å². The second kappa shape index (κ2) is 8.85. The normalized spacial score (nSPS) is 17.7. The molecule has 0 unspecified atom stereocenters. The third-order valence-corrected chi connectivity index (χ3v) is 7.46. The summed E-state index contributed by atoms with van der Waals surface area (Å²) in [5.74, 6) is 1.40. The third kappa shape index (κ3) is 4.73. The zero-order valence-electron chi connectivity index (χ0n) is 17.3. The van der Waals surface area contributed by atoms with Crippen LogP contribution < -0.4 is 4.72 Å². The molecular formula is C21H28N4O4S. The van der Waals surface area contributed by atoms with E-state index >= 15 is 0 Å². The van der Waals surface area contributed by atoms with E-state index in [-0.39, 0.29) is 29.7 Å². The highest BCUT2D eigenvalue weighted by molar-refractivity contribution is 7.89. The Balaban J connectivity index is 1.26. The van der Waals surface area contributed by atoms with Gasteiger partial charge in [-0.25, -0.2) is 13.1 Å². The number of benzene rings is 1. The molecular weight excluding hydrogens is 404 g/mol. The van der Waals surface area contributed by atoms with Gasteiger partial charge in [-0.1, -0.05) is 11.2 Å². The molecule has 1 aliphatic heterocycles. The molecule has 1 aliphatic carbocycles. The number of hydrogen-bond acceptors (Lipinski definition) is 6. The number of piperidine rings is 1. The highest BCUT2D eigenvalue weighted by atomic mass is 32.2. The van der Waals surface area contributed by atoms with Gasteiger partial charge in [0.25, 0.3) is 0 Å². The Morgan fingerprint density at radius 2 is 1.93 bits per heavy atom. The van der Waals surface area contributed by atoms with Gasteiger partial charge in [-0.2, -0.15) is 4.98 Å². The van der Waals surface area contributed by atoms with Crippen molar-refractivity contribution in [2.75, 3.05) is 19.6 Å². The van der Waals surface area contributed by atoms with Gasteiger partial charge in [0.1, 0.15) is 0 Å². The van der Waals surface area contributed by atoms with Crippen LogP contribution in [0.15, 0.2) is 27.6 Å². The van der Waals surface area contributed by atoms with Crippen molar-refractivity contribution in [2.45, 2.75) is 62.7 Å². The SMILES string of the molecule is Cc1noc(C2CCN(C(=O)CCNS(=O)(=O)c3ccc4c(c3)CCCC4)CC2)n1. The predicted octanol–water partition coefficient (Wildman–Crippen LogP) is 2.33. The molecule has 8 nitrogen and oxygen atoms in total. The van der Waals surface area contributed by atoms with E-state index < -0.39 is 10.0 Å². The van der Waals surface area contributed by atoms with Gasteiger partial charge in [0, 0.05) is 32.0 Å². The zero-order valence-corrected chi connectivity index (χ0v) is 18.1. The summed E-state index contributed by atoms with van der Waals surface area (Å²) in [5.41, 5.74) is 2.37. The van der Waals surface area contributed by atoms with Crippen molar-refractivity contribution < 1.29 is 17.7 Å². The van der Waals surface area contributed by atoms with Gasteiger partial charge >= 0.3 is 0 Å². The first kappa shape index (κ1) is 21.0. The molecule has 1 amide bonds. The van der Waals surface area contributed by atoms with Crippen LogP contribution in [0.2, 0.25) is 0 Å². The molecule has 0 spiro atoms. The molecule has 9 heteroatoms. The van der Waals surface area contributed by atoms with Crippen molar-refractivity contribution in [3.63, 3.8) is 0 Å². The van der Waals surface area contributed by atoms with Gasteiger partial charge in [-0.15, -0.1) is 0 Å². The number of nitrogens with zero attached hydrogens (tertiary/aromatic N) is 3. The number of fused-ring (bicyclic) bond motifs is 1. The van der Waals surface area contributed by atoms with Crippen molar-refractivity contribution in [1.29, 1.82) is 0 Å². The Bertz CT molecular complexity index is 1010. The van der Waals surface area contributed by atoms with E-state index in [1.165, 1.54) is 5.56 Å². The van der Waals surface area contributed by atoms with Crippen molar-refractivity contribution in [1.82, 2.24) is 19.8 Å². The monoisotopic (exact) mass is 432 g/mol. The lowest BCUT2D eigenvalue weighted by molar-refractivity contribution is -0.132. The average Bonchev–Trinajstić information content (AvgIpc) is 3.19. The van der Waals surface area contributed by atoms with Crippen LogP contribution in [0.3, 0.4) is 0 Å². The van der Waals surface area contributed by atoms with Gasteiger partial charge in [-0.05, 0) is 68.7 Å². The molecule has 162 valence electrons. The van der Waals surface area contributed by atoms with Gasteiger partial charge < -0.3 is 9.42 Å². The highest BCUT2D eigenvalue weighted by Gasteiger charge is 2.27. The lowest BCUT2D eigenvalue weighted by Gasteiger charge is -2.30. The van der Waals surface area contributed by atoms with E-state index in [1.54, 1.807) is 24.0 Å². The molecule has 4 rings (SSSR count). The van der Waals surface area contributed by atoms with Crippen LogP contribution in [0.5, 0.6) is 0 Å². The smallest absolute Gasteiger partial charge is 0.240 e. The number of nitrogens with one attached hydrogen (secondary N) is 1. The number of likely N-dealkylation sites (tertiary alicyclic amines) is 1. The van der Waals surface area contributed by atoms with Crippen molar-refractivity contribution in [2.24, 2.45) is 0 Å². The topological polar surface area (TPSA) is 105 Å². The molecule has 30 heavy (non-hydrogen) atoms. The Hall–Kier alpha value is -2.26. The van der Waals surface area contributed by atoms with Crippen LogP contribution in [0.1, 0.15) is 60.9 Å². The van der Waals surface area contributed by atoms with Gasteiger partial charge in [-0.3, -0.25) is 4.79 Å². The number of aryl methyl sites for hydroxylation is 3. The molecule has 2 heterocycles. The Morgan fingerprint density at radius 1 is 1.20 bits per heavy atom. The number of amides is 1. The molecule has 0 bridgehead atoms. The summed E-state index contributed by atoms with van der Waals surface area (Å²) < 4.78 is 33.1. The second-order valence-corrected chi connectivity index (χ2v) is 9.89. The average molecular weight is 433 g/mol. The summed E-state index contributed by atoms with van der Waals surface area (Å²) in [6.07, 6.45) is 5.89. The van der Waals surface area contributed by atoms with Crippen LogP contribution in [0.4, 0.5) is 0 Å². The number of carbonyl (C=O) groups excluding carboxylic acids is 1. The Labute approximate surface area is 177 Å². The summed E-state index contributed by atoms with van der Waals surface area (Å²) in [6, 6.07) is 5.37. The number of hydrogen-bond donors (Lipinski definition) is 1. The van der Waals surface area contributed by atoms with E-state index in [9.17, 15) is 13.2 Å². The van der Waals surface area contributed by atoms with Gasteiger partial charge in [0.05, 0.1) is 4.90 Å². The van der Waals surface area contributed by atoms with Gasteiger partial charge in [0.15, 0.2) is 5.82 Å². The van der Waals surface area contributed by atoms with E-state index in [2.05, 4.69) is 14.9 Å². The minimum atomic E-state index is -3.61. The summed E-state index contributed by atoms with van der Waals surface area (Å²) >= 11 is 0. The van der Waals surface area contributed by atoms with Crippen LogP contribution >= 0.6 is 0 Å². The van der Waals surface area contributed by atoms with E-state index in [0.29, 0.717) is 24.8 Å². The third-order valence-electron chi connectivity index (χ3n) is 6.00. The lowest BCUT2D eigenvalue weighted by Crippen LogP contribution is -2.39. The first-order valence-corrected chi connectivity index (χ1v) is 12.1. The first-order chi connectivity index (χ1) is 14.4. The fourth-order valence-electron chi connectivity index (χ4n) is 4.27. The zero-order chi connectivity index (χ0) is 21.1. The molecule has 1 aromatic carbocycles. The maximum absolute atomic E-state index is 12.6. The van der Waals surface area contributed by atoms with Crippen molar-refractivity contribution in [3.8, 4) is 0 Å². The van der Waals surface area contributed by atoms with E-state index in [4.69, 9.17) is 4.52 Å². The fraction of sp³-hybridized carbons (Fsp3) is 0.571. The largest absolute Gasteiger partial charge is 0.343 e. The summed E-state index contributed by atoms with van der Waals surface area (Å²) in [7, 11) is -3.61. The Kier molecular flexibility index (Phi) is 6.19. The maximum atomic E-state index is 12.6. The molecule has 0 atom stereocenters. The summed E-state index contributed by atoms with van der Waals surface area (Å²) in [5, 5.41) is 3.83. The number of carbonyl (C=O) groups is 1. The molecule has 1 saturated heterocycles. The second-order valence-electron chi connectivity index (χ2n) is 8.12. The number of sulfonamides is 1. The Morgan fingerprint density at radius 3 is 2.63 bits per heavy atom. The predicted molar refractivity (Wildman–Crippen MR) is 110 cm³/mol. The first-order valence-electron chi connectivity index (χ1n) is 10.6. The maximum Gasteiger partial charge on any atom is 0.240 e. The fourth-order valence-corrected chi connectivity index (χ4v) is 5.35. The number of rotatable bonds is 6. The van der Waals surface area contributed by atoms with Crippen molar-refractivity contribution in [3.05, 3.63) is 41.0 Å². The molecule has 2 aliphatic rings. The summed E-state index contributed by atoms with van der Waals surface area (Å²) in [6.45, 7) is 3.11. The lowest BCUT2D eigenvalue weighted by atomic mass is 9.92. The molecule has 0 saturated carbocycles. The molecule has 2 aromatic rings. The van der Waals surface area contributed by atoms with Crippen LogP contribution in [0, 0.1) is 6.92 Å². The minimum Gasteiger partial charge on any atom is -0.343 e. The molecule has 1 aromatic heterocycles. The standard InChI is InChI=1S/C21H28N4O4S/c1-15-23-21(29-24-15)17-9-12-25(13-10-17)20(26)8-11-22-30(27,28)19-7-6-16-4-2-3-5-18(16)14-19/h6-7,14,17,22H,2-5,8-13H2,1H3. The minimum absolute atomic E-state index is 0.0386. The molecule has 0 radical (unpaired) electrons. The van der Waals surface area contributed by atoms with Crippen LogP contribution in [0.25, 0.3) is 0 Å².